The van der Waals surface area contributed by atoms with E-state index in [1.165, 1.54) is 0 Å². The van der Waals surface area contributed by atoms with Gasteiger partial charge in [-0.3, -0.25) is 9.59 Å². The summed E-state index contributed by atoms with van der Waals surface area (Å²) in [5.74, 6) is -1.26. The van der Waals surface area contributed by atoms with Crippen LogP contribution in [0.15, 0.2) is 23.1 Å². The smallest absolute Gasteiger partial charge is 0.309 e. The van der Waals surface area contributed by atoms with Crippen molar-refractivity contribution in [3.63, 3.8) is 0 Å². The first kappa shape index (κ1) is 18.6. The van der Waals surface area contributed by atoms with Gasteiger partial charge in [0.1, 0.15) is 0 Å². The molecule has 1 aromatic rings. The third kappa shape index (κ3) is 5.72. The molecule has 0 spiro atoms. The number of aryl methyl sites for hydroxylation is 1. The van der Waals surface area contributed by atoms with Gasteiger partial charge in [-0.2, -0.15) is 0 Å². The molecule has 0 aliphatic heterocycles. The van der Waals surface area contributed by atoms with E-state index in [0.717, 1.165) is 16.1 Å². The topological polar surface area (TPSA) is 66.4 Å². The lowest BCUT2D eigenvalue weighted by Crippen LogP contribution is -2.29. The molecule has 22 heavy (non-hydrogen) atoms. The maximum atomic E-state index is 12.0. The largest absolute Gasteiger partial charge is 0.481 e. The molecule has 0 heterocycles. The van der Waals surface area contributed by atoms with Crippen LogP contribution in [-0.4, -0.2) is 21.7 Å². The first-order chi connectivity index (χ1) is 9.90. The zero-order valence-electron chi connectivity index (χ0n) is 14.1. The first-order valence-corrected chi connectivity index (χ1v) is 8.05. The minimum absolute atomic E-state index is 0.0553. The zero-order chi connectivity index (χ0) is 17.1. The van der Waals surface area contributed by atoms with Gasteiger partial charge in [0.05, 0.1) is 5.41 Å². The second kappa shape index (κ2) is 6.73. The highest BCUT2D eigenvalue weighted by molar-refractivity contribution is 8.00. The van der Waals surface area contributed by atoms with Gasteiger partial charge in [-0.05, 0) is 44.5 Å². The second-order valence-corrected chi connectivity index (χ2v) is 9.01. The van der Waals surface area contributed by atoms with Crippen molar-refractivity contribution < 1.29 is 14.7 Å². The summed E-state index contributed by atoms with van der Waals surface area (Å²) < 4.78 is 0.128. The monoisotopic (exact) mass is 323 g/mol. The van der Waals surface area contributed by atoms with Gasteiger partial charge in [0.2, 0.25) is 5.91 Å². The molecule has 1 amide bonds. The average Bonchev–Trinajstić information content (AvgIpc) is 2.29. The van der Waals surface area contributed by atoms with Crippen molar-refractivity contribution in [2.24, 2.45) is 5.41 Å². The number of aliphatic carboxylic acids is 1. The fourth-order valence-corrected chi connectivity index (χ4v) is 2.94. The van der Waals surface area contributed by atoms with Gasteiger partial charge in [-0.25, -0.2) is 0 Å². The van der Waals surface area contributed by atoms with Crippen LogP contribution in [0.5, 0.6) is 0 Å². The highest BCUT2D eigenvalue weighted by Crippen LogP contribution is 2.33. The van der Waals surface area contributed by atoms with Crippen molar-refractivity contribution in [2.45, 2.75) is 57.6 Å². The van der Waals surface area contributed by atoms with Crippen molar-refractivity contribution in [2.75, 3.05) is 5.32 Å². The number of nitrogens with one attached hydrogen (secondary N) is 1. The zero-order valence-corrected chi connectivity index (χ0v) is 14.9. The Morgan fingerprint density at radius 2 is 1.77 bits per heavy atom. The third-order valence-electron chi connectivity index (χ3n) is 3.08. The Morgan fingerprint density at radius 3 is 2.23 bits per heavy atom. The van der Waals surface area contributed by atoms with Crippen LogP contribution in [0.25, 0.3) is 0 Å². The Hall–Kier alpha value is -1.49. The summed E-state index contributed by atoms with van der Waals surface area (Å²) in [5.41, 5.74) is 0.625. The van der Waals surface area contributed by atoms with E-state index in [2.05, 4.69) is 26.1 Å². The number of amides is 1. The summed E-state index contributed by atoms with van der Waals surface area (Å²) in [4.78, 5) is 24.2. The molecule has 5 heteroatoms. The molecule has 0 saturated heterocycles. The lowest BCUT2D eigenvalue weighted by molar-refractivity contribution is -0.148. The van der Waals surface area contributed by atoms with Crippen molar-refractivity contribution in [3.05, 3.63) is 23.8 Å². The average molecular weight is 323 g/mol. The molecule has 0 aromatic heterocycles. The summed E-state index contributed by atoms with van der Waals surface area (Å²) in [5, 5.41) is 11.9. The normalized spacial score (nSPS) is 12.1. The third-order valence-corrected chi connectivity index (χ3v) is 4.18. The summed E-state index contributed by atoms with van der Waals surface area (Å²) in [6.45, 7) is 11.5. The molecule has 0 bridgehead atoms. The van der Waals surface area contributed by atoms with E-state index in [1.807, 2.05) is 25.1 Å². The number of rotatable bonds is 5. The van der Waals surface area contributed by atoms with Gasteiger partial charge in [0.15, 0.2) is 0 Å². The van der Waals surface area contributed by atoms with E-state index < -0.39 is 11.4 Å². The van der Waals surface area contributed by atoms with Gasteiger partial charge in [-0.1, -0.05) is 20.8 Å². The van der Waals surface area contributed by atoms with Crippen LogP contribution in [-0.2, 0) is 9.59 Å². The minimum Gasteiger partial charge on any atom is -0.481 e. The van der Waals surface area contributed by atoms with Gasteiger partial charge < -0.3 is 10.4 Å². The number of carboxylic acid groups (broad SMARTS) is 1. The van der Waals surface area contributed by atoms with Gasteiger partial charge >= 0.3 is 5.97 Å². The molecule has 4 nitrogen and oxygen atoms in total. The molecule has 0 fully saturated rings. The molecule has 0 saturated carbocycles. The molecule has 1 rings (SSSR count). The van der Waals surface area contributed by atoms with E-state index in [4.69, 9.17) is 5.11 Å². The van der Waals surface area contributed by atoms with E-state index in [9.17, 15) is 9.59 Å². The molecular formula is C17H25NO3S. The molecular weight excluding hydrogens is 298 g/mol. The number of carbonyl (C=O) groups is 2. The Bertz CT molecular complexity index is 574. The molecule has 1 aromatic carbocycles. The number of carboxylic acids is 1. The fourth-order valence-electron chi connectivity index (χ4n) is 1.86. The quantitative estimate of drug-likeness (QED) is 0.792. The molecule has 0 aliphatic rings. The Balaban J connectivity index is 2.79. The first-order valence-electron chi connectivity index (χ1n) is 7.24. The molecule has 122 valence electrons. The number of hydrogen-bond acceptors (Lipinski definition) is 3. The Kier molecular flexibility index (Phi) is 5.68. The van der Waals surface area contributed by atoms with Crippen LogP contribution in [0.3, 0.4) is 0 Å². The minimum atomic E-state index is -1.07. The van der Waals surface area contributed by atoms with Crippen molar-refractivity contribution in [1.82, 2.24) is 0 Å². The molecule has 0 radical (unpaired) electrons. The van der Waals surface area contributed by atoms with Crippen LogP contribution in [0.2, 0.25) is 0 Å². The van der Waals surface area contributed by atoms with E-state index >= 15 is 0 Å². The number of hydrogen-bond donors (Lipinski definition) is 2. The fraction of sp³-hybridized carbons (Fsp3) is 0.529. The number of benzene rings is 1. The Labute approximate surface area is 136 Å². The lowest BCUT2D eigenvalue weighted by Gasteiger charge is -2.20. The highest BCUT2D eigenvalue weighted by Gasteiger charge is 2.30. The van der Waals surface area contributed by atoms with Crippen molar-refractivity contribution in [3.8, 4) is 0 Å². The summed E-state index contributed by atoms with van der Waals surface area (Å²) >= 11 is 1.77. The predicted octanol–water partition coefficient (Wildman–Crippen LogP) is 4.33. The van der Waals surface area contributed by atoms with E-state index in [0.29, 0.717) is 0 Å². The molecule has 0 aliphatic carbocycles. The maximum absolute atomic E-state index is 12.0. The summed E-state index contributed by atoms with van der Waals surface area (Å²) in [6, 6.07) is 5.88. The Morgan fingerprint density at radius 1 is 1.18 bits per heavy atom. The molecule has 2 N–H and O–H groups in total. The van der Waals surface area contributed by atoms with Crippen molar-refractivity contribution in [1.29, 1.82) is 0 Å². The van der Waals surface area contributed by atoms with Crippen LogP contribution < -0.4 is 5.32 Å². The number of anilines is 1. The lowest BCUT2D eigenvalue weighted by atomic mass is 9.89. The standard InChI is InChI=1S/C17H25NO3S/c1-11-9-12(22-16(2,3)4)7-8-13(11)18-14(19)10-17(5,6)15(20)21/h7-9H,10H2,1-6H3,(H,18,19)(H,20,21). The molecule has 0 unspecified atom stereocenters. The van der Waals surface area contributed by atoms with Crippen LogP contribution in [0.4, 0.5) is 5.69 Å². The van der Waals surface area contributed by atoms with Gasteiger partial charge in [0, 0.05) is 21.8 Å². The van der Waals surface area contributed by atoms with Crippen LogP contribution in [0, 0.1) is 12.3 Å². The van der Waals surface area contributed by atoms with Crippen LogP contribution >= 0.6 is 11.8 Å². The SMILES string of the molecule is Cc1cc(SC(C)(C)C)ccc1NC(=O)CC(C)(C)C(=O)O. The van der Waals surface area contributed by atoms with Crippen LogP contribution in [0.1, 0.15) is 46.6 Å². The predicted molar refractivity (Wildman–Crippen MR) is 91.5 cm³/mol. The van der Waals surface area contributed by atoms with Gasteiger partial charge in [-0.15, -0.1) is 11.8 Å². The number of thioether (sulfide) groups is 1. The summed E-state index contributed by atoms with van der Waals surface area (Å²) in [7, 11) is 0. The highest BCUT2D eigenvalue weighted by atomic mass is 32.2. The van der Waals surface area contributed by atoms with E-state index in [1.54, 1.807) is 25.6 Å². The van der Waals surface area contributed by atoms with Gasteiger partial charge in [0.25, 0.3) is 0 Å². The van der Waals surface area contributed by atoms with E-state index in [-0.39, 0.29) is 17.1 Å². The number of carbonyl (C=O) groups excluding carboxylic acids is 1. The summed E-state index contributed by atoms with van der Waals surface area (Å²) in [6.07, 6.45) is -0.0553. The van der Waals surface area contributed by atoms with Crippen molar-refractivity contribution >= 4 is 29.3 Å². The second-order valence-electron chi connectivity index (χ2n) is 7.11. The molecule has 0 atom stereocenters. The maximum Gasteiger partial charge on any atom is 0.309 e.